The number of aliphatic hydroxyl groups is 1. The first kappa shape index (κ1) is 21.8. The SMILES string of the molecule is CCOc1cccc([C@@H]2/C(=C(\O)c3ccc4c(c3)C[C@H](C)O4)C(=O)C(=O)N2Cc2ccco2)c1. The van der Waals surface area contributed by atoms with Crippen LogP contribution in [0.4, 0.5) is 0 Å². The molecule has 0 saturated carbocycles. The molecule has 7 nitrogen and oxygen atoms in total. The molecule has 0 spiro atoms. The number of carbonyl (C=O) groups excluding carboxylic acids is 2. The summed E-state index contributed by atoms with van der Waals surface area (Å²) < 4.78 is 16.8. The Morgan fingerprint density at radius 1 is 1.15 bits per heavy atom. The van der Waals surface area contributed by atoms with Gasteiger partial charge >= 0.3 is 0 Å². The van der Waals surface area contributed by atoms with Gasteiger partial charge in [-0.3, -0.25) is 9.59 Å². The molecule has 3 heterocycles. The maximum Gasteiger partial charge on any atom is 0.296 e. The van der Waals surface area contributed by atoms with Gasteiger partial charge < -0.3 is 23.9 Å². The number of benzene rings is 2. The fourth-order valence-corrected chi connectivity index (χ4v) is 4.63. The van der Waals surface area contributed by atoms with Gasteiger partial charge in [0, 0.05) is 12.0 Å². The molecule has 0 unspecified atom stereocenters. The number of Topliss-reactive ketones (excluding diaryl/α,β-unsaturated/α-hetero) is 1. The van der Waals surface area contributed by atoms with E-state index in [0.29, 0.717) is 35.7 Å². The van der Waals surface area contributed by atoms with Gasteiger partial charge in [-0.25, -0.2) is 0 Å². The van der Waals surface area contributed by atoms with Crippen LogP contribution in [0.15, 0.2) is 70.9 Å². The molecular formula is C27H25NO6. The fourth-order valence-electron chi connectivity index (χ4n) is 4.63. The van der Waals surface area contributed by atoms with Crippen LogP contribution in [0.3, 0.4) is 0 Å². The maximum absolute atomic E-state index is 13.2. The summed E-state index contributed by atoms with van der Waals surface area (Å²) in [5.41, 5.74) is 2.13. The molecule has 0 radical (unpaired) electrons. The predicted octanol–water partition coefficient (Wildman–Crippen LogP) is 4.62. The van der Waals surface area contributed by atoms with E-state index in [9.17, 15) is 14.7 Å². The number of hydrogen-bond acceptors (Lipinski definition) is 6. The summed E-state index contributed by atoms with van der Waals surface area (Å²) >= 11 is 0. The molecule has 2 aliphatic rings. The molecule has 174 valence electrons. The third-order valence-electron chi connectivity index (χ3n) is 6.10. The minimum atomic E-state index is -0.797. The van der Waals surface area contributed by atoms with Gasteiger partial charge in [-0.1, -0.05) is 12.1 Å². The Kier molecular flexibility index (Phi) is 5.61. The Morgan fingerprint density at radius 2 is 2.00 bits per heavy atom. The van der Waals surface area contributed by atoms with Gasteiger partial charge in [0.1, 0.15) is 29.1 Å². The van der Waals surface area contributed by atoms with E-state index in [1.807, 2.05) is 38.1 Å². The Hall–Kier alpha value is -4.00. The molecule has 2 aliphatic heterocycles. The Labute approximate surface area is 197 Å². The predicted molar refractivity (Wildman–Crippen MR) is 124 cm³/mol. The molecule has 1 aromatic heterocycles. The molecule has 7 heteroatoms. The summed E-state index contributed by atoms with van der Waals surface area (Å²) in [6.07, 6.45) is 2.28. The average Bonchev–Trinajstić information content (AvgIpc) is 3.53. The number of ketones is 1. The van der Waals surface area contributed by atoms with E-state index in [4.69, 9.17) is 13.9 Å². The number of fused-ring (bicyclic) bond motifs is 1. The maximum atomic E-state index is 13.2. The van der Waals surface area contributed by atoms with Gasteiger partial charge in [-0.2, -0.15) is 0 Å². The number of nitrogens with zero attached hydrogens (tertiary/aromatic N) is 1. The number of hydrogen-bond donors (Lipinski definition) is 1. The zero-order chi connectivity index (χ0) is 23.8. The average molecular weight is 459 g/mol. The standard InChI is InChI=1S/C27H25NO6/c1-3-32-20-7-4-6-17(14-20)24-23(26(30)27(31)28(24)15-21-8-5-11-33-21)25(29)18-9-10-22-19(13-18)12-16(2)34-22/h4-11,13-14,16,24,29H,3,12,15H2,1-2H3/b25-23+/t16-,24+/m0/s1. The van der Waals surface area contributed by atoms with E-state index < -0.39 is 17.7 Å². The van der Waals surface area contributed by atoms with Gasteiger partial charge in [-0.15, -0.1) is 0 Å². The number of carbonyl (C=O) groups is 2. The molecular weight excluding hydrogens is 434 g/mol. The molecule has 0 aliphatic carbocycles. The van der Waals surface area contributed by atoms with Gasteiger partial charge in [0.2, 0.25) is 0 Å². The minimum Gasteiger partial charge on any atom is -0.507 e. The number of ether oxygens (including phenoxy) is 2. The number of aliphatic hydroxyl groups excluding tert-OH is 1. The molecule has 2 aromatic carbocycles. The molecule has 5 rings (SSSR count). The first-order valence-electron chi connectivity index (χ1n) is 11.3. The fraction of sp³-hybridized carbons (Fsp3) is 0.259. The lowest BCUT2D eigenvalue weighted by atomic mass is 9.94. The summed E-state index contributed by atoms with van der Waals surface area (Å²) in [4.78, 5) is 27.8. The van der Waals surface area contributed by atoms with Crippen LogP contribution in [0.2, 0.25) is 0 Å². The van der Waals surface area contributed by atoms with E-state index >= 15 is 0 Å². The van der Waals surface area contributed by atoms with Gasteiger partial charge in [0.25, 0.3) is 11.7 Å². The monoisotopic (exact) mass is 459 g/mol. The summed E-state index contributed by atoms with van der Waals surface area (Å²) in [6, 6.07) is 15.2. The number of likely N-dealkylation sites (tertiary alicyclic amines) is 1. The lowest BCUT2D eigenvalue weighted by Gasteiger charge is -2.25. The Balaban J connectivity index is 1.63. The highest BCUT2D eigenvalue weighted by Crippen LogP contribution is 2.42. The van der Waals surface area contributed by atoms with Crippen molar-refractivity contribution >= 4 is 17.4 Å². The van der Waals surface area contributed by atoms with Crippen molar-refractivity contribution in [3.8, 4) is 11.5 Å². The summed E-state index contributed by atoms with van der Waals surface area (Å²) in [5.74, 6) is 0.283. The van der Waals surface area contributed by atoms with Crippen molar-refractivity contribution in [2.75, 3.05) is 6.61 Å². The van der Waals surface area contributed by atoms with E-state index in [-0.39, 0.29) is 24.0 Å². The summed E-state index contributed by atoms with van der Waals surface area (Å²) in [5, 5.41) is 11.3. The van der Waals surface area contributed by atoms with Crippen molar-refractivity contribution in [1.82, 2.24) is 4.90 Å². The normalized spacial score (nSPS) is 20.9. The van der Waals surface area contributed by atoms with Crippen LogP contribution in [0, 0.1) is 0 Å². The molecule has 1 N–H and O–H groups in total. The second-order valence-electron chi connectivity index (χ2n) is 8.47. The zero-order valence-corrected chi connectivity index (χ0v) is 19.0. The van der Waals surface area contributed by atoms with E-state index in [0.717, 1.165) is 11.3 Å². The highest BCUT2D eigenvalue weighted by molar-refractivity contribution is 6.46. The van der Waals surface area contributed by atoms with E-state index in [1.165, 1.54) is 11.2 Å². The van der Waals surface area contributed by atoms with Crippen LogP contribution in [0.25, 0.3) is 5.76 Å². The van der Waals surface area contributed by atoms with Crippen LogP contribution in [-0.2, 0) is 22.6 Å². The van der Waals surface area contributed by atoms with Crippen molar-refractivity contribution in [2.45, 2.75) is 39.0 Å². The highest BCUT2D eigenvalue weighted by atomic mass is 16.5. The lowest BCUT2D eigenvalue weighted by Crippen LogP contribution is -2.29. The Morgan fingerprint density at radius 3 is 2.76 bits per heavy atom. The van der Waals surface area contributed by atoms with Crippen molar-refractivity contribution in [3.05, 3.63) is 88.9 Å². The molecule has 1 saturated heterocycles. The quantitative estimate of drug-likeness (QED) is 0.329. The van der Waals surface area contributed by atoms with E-state index in [1.54, 1.807) is 30.3 Å². The van der Waals surface area contributed by atoms with Crippen molar-refractivity contribution < 1.29 is 28.6 Å². The van der Waals surface area contributed by atoms with Crippen LogP contribution in [0.5, 0.6) is 11.5 Å². The van der Waals surface area contributed by atoms with Crippen molar-refractivity contribution in [3.63, 3.8) is 0 Å². The second-order valence-corrected chi connectivity index (χ2v) is 8.47. The second kappa shape index (κ2) is 8.74. The topological polar surface area (TPSA) is 89.2 Å². The van der Waals surface area contributed by atoms with Crippen LogP contribution < -0.4 is 9.47 Å². The molecule has 2 atom stereocenters. The number of furan rings is 1. The zero-order valence-electron chi connectivity index (χ0n) is 19.0. The van der Waals surface area contributed by atoms with Gasteiger partial charge in [0.05, 0.1) is 31.0 Å². The van der Waals surface area contributed by atoms with Crippen LogP contribution in [-0.4, -0.2) is 34.4 Å². The minimum absolute atomic E-state index is 0.0390. The van der Waals surface area contributed by atoms with E-state index in [2.05, 4.69) is 0 Å². The molecule has 0 bridgehead atoms. The summed E-state index contributed by atoms with van der Waals surface area (Å²) in [7, 11) is 0. The first-order valence-corrected chi connectivity index (χ1v) is 11.3. The number of rotatable bonds is 6. The van der Waals surface area contributed by atoms with Gasteiger partial charge in [-0.05, 0) is 67.4 Å². The molecule has 1 fully saturated rings. The first-order chi connectivity index (χ1) is 16.5. The third-order valence-corrected chi connectivity index (χ3v) is 6.10. The molecule has 34 heavy (non-hydrogen) atoms. The van der Waals surface area contributed by atoms with Crippen LogP contribution >= 0.6 is 0 Å². The Bertz CT molecular complexity index is 1280. The van der Waals surface area contributed by atoms with Crippen molar-refractivity contribution in [1.29, 1.82) is 0 Å². The number of amides is 1. The molecule has 3 aromatic rings. The van der Waals surface area contributed by atoms with Crippen LogP contribution in [0.1, 0.15) is 42.3 Å². The van der Waals surface area contributed by atoms with Crippen molar-refractivity contribution in [2.24, 2.45) is 0 Å². The highest BCUT2D eigenvalue weighted by Gasteiger charge is 2.46. The third kappa shape index (κ3) is 3.83. The smallest absolute Gasteiger partial charge is 0.296 e. The molecule has 1 amide bonds. The largest absolute Gasteiger partial charge is 0.507 e. The van der Waals surface area contributed by atoms with Gasteiger partial charge in [0.15, 0.2) is 0 Å². The summed E-state index contributed by atoms with van der Waals surface area (Å²) in [6.45, 7) is 4.43. The lowest BCUT2D eigenvalue weighted by molar-refractivity contribution is -0.140.